The molecule has 1 aliphatic rings. The van der Waals surface area contributed by atoms with Crippen LogP contribution in [0.25, 0.3) is 0 Å². The molecule has 1 saturated heterocycles. The molecule has 1 unspecified atom stereocenters. The Kier molecular flexibility index (Phi) is 6.17. The third-order valence-electron chi connectivity index (χ3n) is 4.59. The van der Waals surface area contributed by atoms with E-state index in [1.807, 2.05) is 11.3 Å². The molecular formula is C16H29N3OS. The largest absolute Gasteiger partial charge is 0.383 e. The molecule has 4 nitrogen and oxygen atoms in total. The number of ether oxygens (including phenoxy) is 1. The van der Waals surface area contributed by atoms with E-state index in [-0.39, 0.29) is 5.54 Å². The maximum atomic E-state index is 5.23. The van der Waals surface area contributed by atoms with E-state index >= 15 is 0 Å². The highest BCUT2D eigenvalue weighted by molar-refractivity contribution is 7.11. The Morgan fingerprint density at radius 2 is 2.14 bits per heavy atom. The summed E-state index contributed by atoms with van der Waals surface area (Å²) < 4.78 is 5.23. The number of nitrogens with one attached hydrogen (secondary N) is 1. The van der Waals surface area contributed by atoms with Gasteiger partial charge in [0.2, 0.25) is 0 Å². The first-order chi connectivity index (χ1) is 10.1. The second-order valence-electron chi connectivity index (χ2n) is 5.95. The summed E-state index contributed by atoms with van der Waals surface area (Å²) in [6.45, 7) is 11.7. The molecule has 2 rings (SSSR count). The topological polar surface area (TPSA) is 37.4 Å². The van der Waals surface area contributed by atoms with Crippen LogP contribution in [-0.4, -0.2) is 49.8 Å². The van der Waals surface area contributed by atoms with E-state index in [9.17, 15) is 0 Å². The SMILES string of the molecule is CCN1CCCC(NCCOC)(c2nc(C)c(C)s2)CC1. The number of methoxy groups -OCH3 is 1. The molecule has 120 valence electrons. The normalized spacial score (nSPS) is 24.2. The zero-order valence-corrected chi connectivity index (χ0v) is 14.7. The summed E-state index contributed by atoms with van der Waals surface area (Å²) in [5.74, 6) is 0. The second kappa shape index (κ2) is 7.68. The lowest BCUT2D eigenvalue weighted by molar-refractivity contribution is 0.176. The zero-order chi connectivity index (χ0) is 15.3. The Morgan fingerprint density at radius 1 is 1.33 bits per heavy atom. The molecule has 0 aromatic carbocycles. The van der Waals surface area contributed by atoms with Crippen molar-refractivity contribution in [1.82, 2.24) is 15.2 Å². The van der Waals surface area contributed by atoms with E-state index in [0.29, 0.717) is 0 Å². The van der Waals surface area contributed by atoms with Crippen molar-refractivity contribution in [2.45, 2.75) is 45.6 Å². The molecule has 0 radical (unpaired) electrons. The van der Waals surface area contributed by atoms with E-state index in [2.05, 4.69) is 31.0 Å². The number of thiazole rings is 1. The Hall–Kier alpha value is -0.490. The van der Waals surface area contributed by atoms with Crippen molar-refractivity contribution in [1.29, 1.82) is 0 Å². The monoisotopic (exact) mass is 311 g/mol. The molecule has 1 atom stereocenters. The average Bonchev–Trinajstić information content (AvgIpc) is 2.71. The van der Waals surface area contributed by atoms with Gasteiger partial charge in [-0.05, 0) is 46.2 Å². The molecule has 1 aromatic rings. The van der Waals surface area contributed by atoms with Crippen molar-refractivity contribution in [3.63, 3.8) is 0 Å². The van der Waals surface area contributed by atoms with Gasteiger partial charge in [-0.1, -0.05) is 6.92 Å². The number of aromatic nitrogens is 1. The van der Waals surface area contributed by atoms with E-state index in [1.54, 1.807) is 7.11 Å². The minimum atomic E-state index is 0.0339. The molecule has 1 fully saturated rings. The summed E-state index contributed by atoms with van der Waals surface area (Å²) >= 11 is 1.86. The molecule has 0 spiro atoms. The van der Waals surface area contributed by atoms with Crippen molar-refractivity contribution in [2.75, 3.05) is 39.9 Å². The first-order valence-electron chi connectivity index (χ1n) is 8.02. The summed E-state index contributed by atoms with van der Waals surface area (Å²) in [5.41, 5.74) is 1.21. The molecular weight excluding hydrogens is 282 g/mol. The van der Waals surface area contributed by atoms with Gasteiger partial charge in [0.05, 0.1) is 17.8 Å². The summed E-state index contributed by atoms with van der Waals surface area (Å²) in [7, 11) is 1.76. The van der Waals surface area contributed by atoms with Gasteiger partial charge in [-0.15, -0.1) is 11.3 Å². The smallest absolute Gasteiger partial charge is 0.113 e. The number of hydrogen-bond donors (Lipinski definition) is 1. The van der Waals surface area contributed by atoms with Crippen molar-refractivity contribution in [2.24, 2.45) is 0 Å². The average molecular weight is 311 g/mol. The van der Waals surface area contributed by atoms with E-state index in [4.69, 9.17) is 9.72 Å². The van der Waals surface area contributed by atoms with Gasteiger partial charge in [0.25, 0.3) is 0 Å². The summed E-state index contributed by atoms with van der Waals surface area (Å²) in [5, 5.41) is 5.04. The molecule has 1 aromatic heterocycles. The minimum Gasteiger partial charge on any atom is -0.383 e. The van der Waals surface area contributed by atoms with Crippen LogP contribution >= 0.6 is 11.3 Å². The number of hydrogen-bond acceptors (Lipinski definition) is 5. The van der Waals surface area contributed by atoms with Crippen LogP contribution < -0.4 is 5.32 Å². The lowest BCUT2D eigenvalue weighted by atomic mass is 9.91. The molecule has 5 heteroatoms. The fourth-order valence-electron chi connectivity index (χ4n) is 3.04. The van der Waals surface area contributed by atoms with Crippen molar-refractivity contribution in [3.05, 3.63) is 15.6 Å². The summed E-state index contributed by atoms with van der Waals surface area (Å²) in [6, 6.07) is 0. The maximum Gasteiger partial charge on any atom is 0.113 e. The van der Waals surface area contributed by atoms with Gasteiger partial charge in [0.15, 0.2) is 0 Å². The van der Waals surface area contributed by atoms with E-state index in [0.717, 1.165) is 32.7 Å². The number of rotatable bonds is 6. The lowest BCUT2D eigenvalue weighted by Crippen LogP contribution is -2.44. The Bertz CT molecular complexity index is 429. The Morgan fingerprint density at radius 3 is 2.76 bits per heavy atom. The van der Waals surface area contributed by atoms with Crippen LogP contribution in [0.3, 0.4) is 0 Å². The maximum absolute atomic E-state index is 5.23. The van der Waals surface area contributed by atoms with Gasteiger partial charge in [-0.2, -0.15) is 0 Å². The van der Waals surface area contributed by atoms with Gasteiger partial charge in [0.1, 0.15) is 5.01 Å². The van der Waals surface area contributed by atoms with Gasteiger partial charge in [0, 0.05) is 25.1 Å². The predicted octanol–water partition coefficient (Wildman–Crippen LogP) is 2.70. The molecule has 1 N–H and O–H groups in total. The van der Waals surface area contributed by atoms with Crippen LogP contribution in [0.4, 0.5) is 0 Å². The molecule has 2 heterocycles. The molecule has 0 amide bonds. The Balaban J connectivity index is 2.21. The first kappa shape index (κ1) is 16.9. The predicted molar refractivity (Wildman–Crippen MR) is 89.1 cm³/mol. The van der Waals surface area contributed by atoms with Crippen LogP contribution in [-0.2, 0) is 10.3 Å². The fourth-order valence-corrected chi connectivity index (χ4v) is 4.18. The van der Waals surface area contributed by atoms with Gasteiger partial charge in [-0.25, -0.2) is 4.98 Å². The van der Waals surface area contributed by atoms with E-state index < -0.39 is 0 Å². The molecule has 0 saturated carbocycles. The minimum absolute atomic E-state index is 0.0339. The quantitative estimate of drug-likeness (QED) is 0.820. The van der Waals surface area contributed by atoms with Crippen LogP contribution in [0.1, 0.15) is 41.8 Å². The van der Waals surface area contributed by atoms with Crippen molar-refractivity contribution >= 4 is 11.3 Å². The fraction of sp³-hybridized carbons (Fsp3) is 0.812. The van der Waals surface area contributed by atoms with Crippen LogP contribution in [0.2, 0.25) is 0 Å². The number of aryl methyl sites for hydroxylation is 2. The lowest BCUT2D eigenvalue weighted by Gasteiger charge is -2.32. The highest BCUT2D eigenvalue weighted by Gasteiger charge is 2.36. The van der Waals surface area contributed by atoms with Gasteiger partial charge in [-0.3, -0.25) is 0 Å². The third kappa shape index (κ3) is 4.03. The van der Waals surface area contributed by atoms with Crippen LogP contribution in [0.5, 0.6) is 0 Å². The van der Waals surface area contributed by atoms with Crippen molar-refractivity contribution in [3.8, 4) is 0 Å². The summed E-state index contributed by atoms with van der Waals surface area (Å²) in [6.07, 6.45) is 3.53. The zero-order valence-electron chi connectivity index (χ0n) is 13.9. The van der Waals surface area contributed by atoms with Crippen molar-refractivity contribution < 1.29 is 4.74 Å². The molecule has 1 aliphatic heterocycles. The highest BCUT2D eigenvalue weighted by atomic mass is 32.1. The number of likely N-dealkylation sites (tertiary alicyclic amines) is 1. The molecule has 21 heavy (non-hydrogen) atoms. The molecule has 0 bridgehead atoms. The summed E-state index contributed by atoms with van der Waals surface area (Å²) in [4.78, 5) is 8.76. The number of nitrogens with zero attached hydrogens (tertiary/aromatic N) is 2. The first-order valence-corrected chi connectivity index (χ1v) is 8.84. The van der Waals surface area contributed by atoms with Gasteiger partial charge < -0.3 is 15.0 Å². The van der Waals surface area contributed by atoms with Crippen LogP contribution in [0, 0.1) is 13.8 Å². The highest BCUT2D eigenvalue weighted by Crippen LogP contribution is 2.36. The van der Waals surface area contributed by atoms with Crippen LogP contribution in [0.15, 0.2) is 0 Å². The second-order valence-corrected chi connectivity index (χ2v) is 7.15. The van der Waals surface area contributed by atoms with E-state index in [1.165, 1.54) is 35.0 Å². The van der Waals surface area contributed by atoms with Gasteiger partial charge >= 0.3 is 0 Å². The molecule has 0 aliphatic carbocycles. The Labute approximate surface area is 132 Å². The standard InChI is InChI=1S/C16H29N3OS/c1-5-19-10-6-7-16(8-11-19,17-9-12-20-4)15-18-13(2)14(3)21-15/h17H,5-12H2,1-4H3. The third-order valence-corrected chi connectivity index (χ3v) is 5.86.